The predicted octanol–water partition coefficient (Wildman–Crippen LogP) is 0.796. The maximum atomic E-state index is 11.9. The molecule has 0 atom stereocenters. The fraction of sp³-hybridized carbons (Fsp3) is 0.500. The molecule has 1 aromatic rings. The quantitative estimate of drug-likeness (QED) is 0.694. The SMILES string of the molecule is CCN(CC)CCCNC(=O)c1ccc(S(N)(=O)=O)cc1. The lowest BCUT2D eigenvalue weighted by molar-refractivity contribution is 0.0951. The second kappa shape index (κ2) is 8.11. The van der Waals surface area contributed by atoms with Crippen molar-refractivity contribution < 1.29 is 13.2 Å². The van der Waals surface area contributed by atoms with Crippen LogP contribution in [0.15, 0.2) is 29.2 Å². The van der Waals surface area contributed by atoms with Gasteiger partial charge in [0.1, 0.15) is 0 Å². The van der Waals surface area contributed by atoms with Gasteiger partial charge in [0.05, 0.1) is 4.90 Å². The van der Waals surface area contributed by atoms with Gasteiger partial charge in [-0.05, 0) is 50.3 Å². The summed E-state index contributed by atoms with van der Waals surface area (Å²) in [5.41, 5.74) is 0.422. The highest BCUT2D eigenvalue weighted by Gasteiger charge is 2.10. The zero-order chi connectivity index (χ0) is 15.9. The molecule has 0 bridgehead atoms. The third kappa shape index (κ3) is 5.82. The summed E-state index contributed by atoms with van der Waals surface area (Å²) >= 11 is 0. The Morgan fingerprint density at radius 2 is 1.76 bits per heavy atom. The van der Waals surface area contributed by atoms with E-state index in [0.717, 1.165) is 26.1 Å². The van der Waals surface area contributed by atoms with E-state index in [4.69, 9.17) is 5.14 Å². The van der Waals surface area contributed by atoms with Gasteiger partial charge in [0.15, 0.2) is 0 Å². The molecule has 0 fully saturated rings. The molecule has 0 spiro atoms. The van der Waals surface area contributed by atoms with E-state index in [2.05, 4.69) is 24.1 Å². The van der Waals surface area contributed by atoms with Gasteiger partial charge in [-0.3, -0.25) is 4.79 Å². The molecular formula is C14H23N3O3S. The van der Waals surface area contributed by atoms with E-state index in [-0.39, 0.29) is 10.8 Å². The minimum absolute atomic E-state index is 0.000540. The van der Waals surface area contributed by atoms with Crippen LogP contribution in [0.5, 0.6) is 0 Å². The van der Waals surface area contributed by atoms with E-state index < -0.39 is 10.0 Å². The standard InChI is InChI=1S/C14H23N3O3S/c1-3-17(4-2)11-5-10-16-14(18)12-6-8-13(9-7-12)21(15,19)20/h6-9H,3-5,10-11H2,1-2H3,(H,16,18)(H2,15,19,20). The topological polar surface area (TPSA) is 92.5 Å². The lowest BCUT2D eigenvalue weighted by atomic mass is 10.2. The van der Waals surface area contributed by atoms with E-state index in [0.29, 0.717) is 12.1 Å². The third-order valence-corrected chi connectivity index (χ3v) is 4.21. The van der Waals surface area contributed by atoms with Crippen LogP contribution in [-0.2, 0) is 10.0 Å². The molecule has 7 heteroatoms. The number of hydrogen-bond donors (Lipinski definition) is 2. The molecule has 0 aliphatic carbocycles. The molecule has 1 amide bonds. The number of nitrogens with two attached hydrogens (primary N) is 1. The molecule has 118 valence electrons. The van der Waals surface area contributed by atoms with Crippen LogP contribution in [0.3, 0.4) is 0 Å². The zero-order valence-electron chi connectivity index (χ0n) is 12.5. The highest BCUT2D eigenvalue weighted by Crippen LogP contribution is 2.08. The van der Waals surface area contributed by atoms with Gasteiger partial charge in [-0.25, -0.2) is 13.6 Å². The lowest BCUT2D eigenvalue weighted by Crippen LogP contribution is -2.29. The lowest BCUT2D eigenvalue weighted by Gasteiger charge is -2.17. The van der Waals surface area contributed by atoms with Gasteiger partial charge in [-0.2, -0.15) is 0 Å². The Bertz CT molecular complexity index is 551. The monoisotopic (exact) mass is 313 g/mol. The van der Waals surface area contributed by atoms with Gasteiger partial charge < -0.3 is 10.2 Å². The Hall–Kier alpha value is -1.44. The van der Waals surface area contributed by atoms with Crippen molar-refractivity contribution >= 4 is 15.9 Å². The molecular weight excluding hydrogens is 290 g/mol. The number of benzene rings is 1. The van der Waals surface area contributed by atoms with Crippen LogP contribution in [0.4, 0.5) is 0 Å². The zero-order valence-corrected chi connectivity index (χ0v) is 13.3. The number of hydrogen-bond acceptors (Lipinski definition) is 4. The molecule has 0 heterocycles. The van der Waals surface area contributed by atoms with Gasteiger partial charge in [0, 0.05) is 12.1 Å². The highest BCUT2D eigenvalue weighted by atomic mass is 32.2. The number of nitrogens with one attached hydrogen (secondary N) is 1. The van der Waals surface area contributed by atoms with E-state index in [9.17, 15) is 13.2 Å². The highest BCUT2D eigenvalue weighted by molar-refractivity contribution is 7.89. The second-order valence-electron chi connectivity index (χ2n) is 4.71. The Morgan fingerprint density at radius 1 is 1.19 bits per heavy atom. The fourth-order valence-electron chi connectivity index (χ4n) is 1.94. The number of amides is 1. The van der Waals surface area contributed by atoms with Crippen LogP contribution < -0.4 is 10.5 Å². The van der Waals surface area contributed by atoms with Gasteiger partial charge in [-0.15, -0.1) is 0 Å². The average Bonchev–Trinajstić information content (AvgIpc) is 2.46. The number of primary sulfonamides is 1. The molecule has 6 nitrogen and oxygen atoms in total. The van der Waals surface area contributed by atoms with Crippen LogP contribution in [0, 0.1) is 0 Å². The van der Waals surface area contributed by atoms with Crippen LogP contribution in [0.2, 0.25) is 0 Å². The molecule has 1 aromatic carbocycles. The second-order valence-corrected chi connectivity index (χ2v) is 6.27. The first kappa shape index (κ1) is 17.6. The first-order valence-electron chi connectivity index (χ1n) is 7.02. The number of carbonyl (C=O) groups excluding carboxylic acids is 1. The molecule has 1 rings (SSSR count). The summed E-state index contributed by atoms with van der Waals surface area (Å²) in [6.07, 6.45) is 0.878. The Kier molecular flexibility index (Phi) is 6.80. The van der Waals surface area contributed by atoms with E-state index in [1.165, 1.54) is 24.3 Å². The molecule has 0 aliphatic rings. The predicted molar refractivity (Wildman–Crippen MR) is 82.6 cm³/mol. The molecule has 0 saturated carbocycles. The third-order valence-electron chi connectivity index (χ3n) is 3.28. The number of rotatable bonds is 8. The minimum atomic E-state index is -3.72. The molecule has 0 unspecified atom stereocenters. The number of nitrogens with zero attached hydrogens (tertiary/aromatic N) is 1. The van der Waals surface area contributed by atoms with Crippen LogP contribution in [0.1, 0.15) is 30.6 Å². The summed E-state index contributed by atoms with van der Waals surface area (Å²) in [4.78, 5) is 14.2. The van der Waals surface area contributed by atoms with Gasteiger partial charge in [0.25, 0.3) is 5.91 Å². The Balaban J connectivity index is 2.46. The minimum Gasteiger partial charge on any atom is -0.352 e. The van der Waals surface area contributed by atoms with Gasteiger partial charge in [-0.1, -0.05) is 13.8 Å². The maximum absolute atomic E-state index is 11.9. The van der Waals surface area contributed by atoms with Crippen LogP contribution >= 0.6 is 0 Å². The van der Waals surface area contributed by atoms with Gasteiger partial charge >= 0.3 is 0 Å². The average molecular weight is 313 g/mol. The smallest absolute Gasteiger partial charge is 0.251 e. The Labute approximate surface area is 126 Å². The molecule has 0 aromatic heterocycles. The summed E-state index contributed by atoms with van der Waals surface area (Å²) in [5.74, 6) is -0.212. The van der Waals surface area contributed by atoms with Crippen molar-refractivity contribution in [3.63, 3.8) is 0 Å². The first-order valence-corrected chi connectivity index (χ1v) is 8.56. The van der Waals surface area contributed by atoms with Crippen molar-refractivity contribution in [2.75, 3.05) is 26.2 Å². The van der Waals surface area contributed by atoms with Crippen molar-refractivity contribution in [3.8, 4) is 0 Å². The van der Waals surface area contributed by atoms with E-state index in [1.54, 1.807) is 0 Å². The van der Waals surface area contributed by atoms with Crippen LogP contribution in [-0.4, -0.2) is 45.4 Å². The van der Waals surface area contributed by atoms with Gasteiger partial charge in [0.2, 0.25) is 10.0 Å². The van der Waals surface area contributed by atoms with Crippen molar-refractivity contribution in [1.82, 2.24) is 10.2 Å². The number of carbonyl (C=O) groups is 1. The largest absolute Gasteiger partial charge is 0.352 e. The molecule has 0 aliphatic heterocycles. The first-order chi connectivity index (χ1) is 9.88. The van der Waals surface area contributed by atoms with Crippen molar-refractivity contribution in [3.05, 3.63) is 29.8 Å². The normalized spacial score (nSPS) is 11.6. The summed E-state index contributed by atoms with van der Waals surface area (Å²) in [5, 5.41) is 7.82. The summed E-state index contributed by atoms with van der Waals surface area (Å²) in [6, 6.07) is 5.58. The number of sulfonamides is 1. The van der Waals surface area contributed by atoms with E-state index >= 15 is 0 Å². The van der Waals surface area contributed by atoms with Crippen molar-refractivity contribution in [2.45, 2.75) is 25.2 Å². The molecule has 21 heavy (non-hydrogen) atoms. The molecule has 3 N–H and O–H groups in total. The summed E-state index contributed by atoms with van der Waals surface area (Å²) < 4.78 is 22.2. The summed E-state index contributed by atoms with van der Waals surface area (Å²) in [7, 11) is -3.72. The Morgan fingerprint density at radius 3 is 2.24 bits per heavy atom. The van der Waals surface area contributed by atoms with Crippen LogP contribution in [0.25, 0.3) is 0 Å². The maximum Gasteiger partial charge on any atom is 0.251 e. The van der Waals surface area contributed by atoms with E-state index in [1.807, 2.05) is 0 Å². The van der Waals surface area contributed by atoms with Crippen molar-refractivity contribution in [1.29, 1.82) is 0 Å². The molecule has 0 saturated heterocycles. The molecule has 0 radical (unpaired) electrons. The fourth-order valence-corrected chi connectivity index (χ4v) is 2.46. The van der Waals surface area contributed by atoms with Crippen molar-refractivity contribution in [2.24, 2.45) is 5.14 Å². The summed E-state index contributed by atoms with van der Waals surface area (Å²) in [6.45, 7) is 7.74.